The van der Waals surface area contributed by atoms with Crippen LogP contribution < -0.4 is 14.8 Å². The van der Waals surface area contributed by atoms with Gasteiger partial charge in [-0.3, -0.25) is 14.9 Å². The molecule has 1 amide bonds. The number of hydrogen-bond donors (Lipinski definition) is 1. The van der Waals surface area contributed by atoms with E-state index in [1.165, 1.54) is 30.2 Å². The van der Waals surface area contributed by atoms with E-state index in [0.29, 0.717) is 22.2 Å². The molecule has 8 heteroatoms. The monoisotopic (exact) mass is 402 g/mol. The van der Waals surface area contributed by atoms with Crippen molar-refractivity contribution < 1.29 is 19.1 Å². The Hall–Kier alpha value is -2.71. The molecule has 0 aliphatic carbocycles. The van der Waals surface area contributed by atoms with Gasteiger partial charge in [0.05, 0.1) is 17.7 Å². The van der Waals surface area contributed by atoms with Crippen molar-refractivity contribution >= 4 is 39.5 Å². The number of benzene rings is 1. The van der Waals surface area contributed by atoms with Crippen LogP contribution in [0.4, 0.5) is 5.13 Å². The van der Waals surface area contributed by atoms with Crippen LogP contribution in [0.3, 0.4) is 0 Å². The number of amides is 1. The SMILES string of the molecule is COc1cc(C(C)=O)ccc1OCC(=O)Nc1nc(-c2ccc(C)s2)cs1. The lowest BCUT2D eigenvalue weighted by atomic mass is 10.1. The molecule has 0 radical (unpaired) electrons. The number of nitrogens with zero attached hydrogens (tertiary/aromatic N) is 1. The van der Waals surface area contributed by atoms with Crippen LogP contribution in [-0.4, -0.2) is 30.4 Å². The number of rotatable bonds is 7. The van der Waals surface area contributed by atoms with Crippen LogP contribution in [0.5, 0.6) is 11.5 Å². The van der Waals surface area contributed by atoms with E-state index in [1.54, 1.807) is 29.5 Å². The van der Waals surface area contributed by atoms with Crippen LogP contribution in [0.25, 0.3) is 10.6 Å². The Balaban J connectivity index is 1.60. The maximum atomic E-state index is 12.1. The van der Waals surface area contributed by atoms with Crippen LogP contribution >= 0.6 is 22.7 Å². The number of anilines is 1. The van der Waals surface area contributed by atoms with Gasteiger partial charge in [-0.25, -0.2) is 4.98 Å². The number of nitrogens with one attached hydrogen (secondary N) is 1. The van der Waals surface area contributed by atoms with Gasteiger partial charge in [-0.1, -0.05) is 0 Å². The number of ether oxygens (including phenoxy) is 2. The van der Waals surface area contributed by atoms with E-state index in [0.717, 1.165) is 10.6 Å². The summed E-state index contributed by atoms with van der Waals surface area (Å²) in [6, 6.07) is 8.89. The van der Waals surface area contributed by atoms with Crippen LogP contribution in [0, 0.1) is 6.92 Å². The van der Waals surface area contributed by atoms with Crippen molar-refractivity contribution in [3.05, 3.63) is 46.2 Å². The molecule has 27 heavy (non-hydrogen) atoms. The summed E-state index contributed by atoms with van der Waals surface area (Å²) >= 11 is 3.02. The predicted molar refractivity (Wildman–Crippen MR) is 107 cm³/mol. The van der Waals surface area contributed by atoms with Gasteiger partial charge in [-0.05, 0) is 44.2 Å². The Morgan fingerprint density at radius 2 is 2.00 bits per heavy atom. The number of carbonyl (C=O) groups is 2. The smallest absolute Gasteiger partial charge is 0.264 e. The summed E-state index contributed by atoms with van der Waals surface area (Å²) in [5.74, 6) is 0.403. The van der Waals surface area contributed by atoms with Crippen LogP contribution in [0.15, 0.2) is 35.7 Å². The molecule has 0 atom stereocenters. The van der Waals surface area contributed by atoms with Crippen LogP contribution in [0.2, 0.25) is 0 Å². The van der Waals surface area contributed by atoms with E-state index in [9.17, 15) is 9.59 Å². The first-order chi connectivity index (χ1) is 13.0. The van der Waals surface area contributed by atoms with Gasteiger partial charge in [0.1, 0.15) is 0 Å². The standard InChI is InChI=1S/C19H18N2O4S2/c1-11-4-7-17(27-11)14-10-26-19(20-14)21-18(23)9-25-15-6-5-13(12(2)22)8-16(15)24-3/h4-8,10H,9H2,1-3H3,(H,20,21,23). The number of ketones is 1. The Kier molecular flexibility index (Phi) is 5.88. The molecule has 0 bridgehead atoms. The molecule has 2 heterocycles. The molecule has 140 valence electrons. The summed E-state index contributed by atoms with van der Waals surface area (Å²) in [5.41, 5.74) is 1.36. The van der Waals surface area contributed by atoms with Crippen molar-refractivity contribution in [2.24, 2.45) is 0 Å². The van der Waals surface area contributed by atoms with Crippen molar-refractivity contribution in [1.82, 2.24) is 4.98 Å². The van der Waals surface area contributed by atoms with Gasteiger partial charge in [0.15, 0.2) is 29.0 Å². The van der Waals surface area contributed by atoms with E-state index in [4.69, 9.17) is 9.47 Å². The molecule has 0 saturated heterocycles. The maximum Gasteiger partial charge on any atom is 0.264 e. The summed E-state index contributed by atoms with van der Waals surface area (Å²) in [7, 11) is 1.48. The van der Waals surface area contributed by atoms with E-state index in [1.807, 2.05) is 24.4 Å². The second-order valence-corrected chi connectivity index (χ2v) is 7.85. The number of thiophene rings is 1. The third-order valence-electron chi connectivity index (χ3n) is 3.67. The first kappa shape index (κ1) is 19.1. The summed E-state index contributed by atoms with van der Waals surface area (Å²) in [4.78, 5) is 30.3. The lowest BCUT2D eigenvalue weighted by Gasteiger charge is -2.11. The molecule has 0 unspecified atom stereocenters. The van der Waals surface area contributed by atoms with Crippen molar-refractivity contribution in [2.45, 2.75) is 13.8 Å². The highest BCUT2D eigenvalue weighted by molar-refractivity contribution is 7.17. The maximum absolute atomic E-state index is 12.1. The molecule has 0 aliphatic rings. The third-order valence-corrected chi connectivity index (χ3v) is 5.45. The van der Waals surface area contributed by atoms with Crippen molar-refractivity contribution in [3.63, 3.8) is 0 Å². The Morgan fingerprint density at radius 1 is 1.19 bits per heavy atom. The van der Waals surface area contributed by atoms with Gasteiger partial charge in [0.25, 0.3) is 5.91 Å². The minimum Gasteiger partial charge on any atom is -0.493 e. The average Bonchev–Trinajstić information content (AvgIpc) is 3.28. The van der Waals surface area contributed by atoms with Gasteiger partial charge in [-0.2, -0.15) is 0 Å². The van der Waals surface area contributed by atoms with Crippen molar-refractivity contribution in [2.75, 3.05) is 19.0 Å². The highest BCUT2D eigenvalue weighted by Gasteiger charge is 2.12. The molecule has 3 aromatic rings. The van der Waals surface area contributed by atoms with E-state index in [2.05, 4.69) is 10.3 Å². The molecule has 1 N–H and O–H groups in total. The summed E-state index contributed by atoms with van der Waals surface area (Å²) in [6.07, 6.45) is 0. The summed E-state index contributed by atoms with van der Waals surface area (Å²) < 4.78 is 10.7. The lowest BCUT2D eigenvalue weighted by molar-refractivity contribution is -0.118. The molecule has 1 aromatic carbocycles. The second-order valence-electron chi connectivity index (χ2n) is 5.71. The third kappa shape index (κ3) is 4.72. The van der Waals surface area contributed by atoms with Crippen LogP contribution in [-0.2, 0) is 4.79 Å². The fraction of sp³-hybridized carbons (Fsp3) is 0.211. The largest absolute Gasteiger partial charge is 0.493 e. The number of aryl methyl sites for hydroxylation is 1. The van der Waals surface area contributed by atoms with Crippen molar-refractivity contribution in [1.29, 1.82) is 0 Å². The van der Waals surface area contributed by atoms with Gasteiger partial charge in [0.2, 0.25) is 0 Å². The molecular weight excluding hydrogens is 384 g/mol. The normalized spacial score (nSPS) is 10.5. The first-order valence-electron chi connectivity index (χ1n) is 8.10. The quantitative estimate of drug-likeness (QED) is 0.593. The van der Waals surface area contributed by atoms with Gasteiger partial charge in [0, 0.05) is 15.8 Å². The van der Waals surface area contributed by atoms with Gasteiger partial charge >= 0.3 is 0 Å². The molecule has 0 saturated carbocycles. The van der Waals surface area contributed by atoms with E-state index >= 15 is 0 Å². The molecule has 0 aliphatic heterocycles. The van der Waals surface area contributed by atoms with Gasteiger partial charge < -0.3 is 9.47 Å². The number of aromatic nitrogens is 1. The van der Waals surface area contributed by atoms with Crippen LogP contribution in [0.1, 0.15) is 22.2 Å². The van der Waals surface area contributed by atoms with E-state index in [-0.39, 0.29) is 18.3 Å². The zero-order valence-electron chi connectivity index (χ0n) is 15.1. The second kappa shape index (κ2) is 8.32. The highest BCUT2D eigenvalue weighted by Crippen LogP contribution is 2.31. The fourth-order valence-electron chi connectivity index (χ4n) is 2.32. The summed E-state index contributed by atoms with van der Waals surface area (Å²) in [5, 5.41) is 5.15. The highest BCUT2D eigenvalue weighted by atomic mass is 32.1. The average molecular weight is 402 g/mol. The lowest BCUT2D eigenvalue weighted by Crippen LogP contribution is -2.20. The first-order valence-corrected chi connectivity index (χ1v) is 9.80. The molecule has 0 fully saturated rings. The molecule has 2 aromatic heterocycles. The Labute approximate surface area is 164 Å². The zero-order valence-corrected chi connectivity index (χ0v) is 16.7. The zero-order chi connectivity index (χ0) is 19.4. The number of hydrogen-bond acceptors (Lipinski definition) is 7. The minimum atomic E-state index is -0.323. The van der Waals surface area contributed by atoms with Crippen molar-refractivity contribution in [3.8, 4) is 22.1 Å². The number of methoxy groups -OCH3 is 1. The molecular formula is C19H18N2O4S2. The van der Waals surface area contributed by atoms with E-state index < -0.39 is 0 Å². The molecule has 6 nitrogen and oxygen atoms in total. The Bertz CT molecular complexity index is 978. The topological polar surface area (TPSA) is 77.5 Å². The molecule has 3 rings (SSSR count). The predicted octanol–water partition coefficient (Wildman–Crippen LogP) is 4.41. The Morgan fingerprint density at radius 3 is 2.67 bits per heavy atom. The van der Waals surface area contributed by atoms with Gasteiger partial charge in [-0.15, -0.1) is 22.7 Å². The summed E-state index contributed by atoms with van der Waals surface area (Å²) in [6.45, 7) is 3.32. The molecule has 0 spiro atoms. The fourth-order valence-corrected chi connectivity index (χ4v) is 3.95. The number of carbonyl (C=O) groups excluding carboxylic acids is 2. The number of thiazole rings is 1. The number of Topliss-reactive ketones (excluding diaryl/α,β-unsaturated/α-hetero) is 1. The minimum absolute atomic E-state index is 0.0712.